The molecule has 2 heteroatoms. The molecule has 0 radical (unpaired) electrons. The van der Waals surface area contributed by atoms with Gasteiger partial charge in [0.1, 0.15) is 0 Å². The van der Waals surface area contributed by atoms with Crippen LogP contribution < -0.4 is 0 Å². The highest BCUT2D eigenvalue weighted by molar-refractivity contribution is 7.35. The molecule has 0 saturated heterocycles. The van der Waals surface area contributed by atoms with E-state index in [1.54, 1.807) is 0 Å². The normalized spacial score (nSPS) is 12.0. The topological polar surface area (TPSA) is 3.24 Å². The van der Waals surface area contributed by atoms with Gasteiger partial charge in [-0.3, -0.25) is 4.67 Å². The molecule has 122 valence electrons. The Morgan fingerprint density at radius 2 is 1.00 bits per heavy atom. The molecule has 0 aromatic rings. The van der Waals surface area contributed by atoms with Crippen molar-refractivity contribution in [2.75, 3.05) is 19.3 Å². The first-order valence-corrected chi connectivity index (χ1v) is 10.5. The molecule has 0 aliphatic carbocycles. The summed E-state index contributed by atoms with van der Waals surface area (Å²) in [5.41, 5.74) is 0. The van der Waals surface area contributed by atoms with Gasteiger partial charge in [-0.15, -0.1) is 0 Å². The highest BCUT2D eigenvalue weighted by Crippen LogP contribution is 2.22. The van der Waals surface area contributed by atoms with Crippen molar-refractivity contribution in [3.8, 4) is 0 Å². The predicted molar refractivity (Wildman–Crippen MR) is 97.2 cm³/mol. The second-order valence-electron chi connectivity index (χ2n) is 6.08. The van der Waals surface area contributed by atoms with Gasteiger partial charge in [-0.2, -0.15) is 0 Å². The van der Waals surface area contributed by atoms with E-state index in [9.17, 15) is 0 Å². The quantitative estimate of drug-likeness (QED) is 0.229. The van der Waals surface area contributed by atoms with Crippen LogP contribution in [-0.4, -0.2) is 23.9 Å². The Hall–Kier alpha value is 0.390. The molecule has 0 spiro atoms. The highest BCUT2D eigenvalue weighted by Gasteiger charge is 2.04. The zero-order valence-electron chi connectivity index (χ0n) is 14.6. The molecule has 0 aliphatic heterocycles. The third-order valence-electron chi connectivity index (χ3n) is 3.93. The summed E-state index contributed by atoms with van der Waals surface area (Å²) < 4.78 is 2.78. The maximum Gasteiger partial charge on any atom is 0.00186 e. The number of hydrogen-bond acceptors (Lipinski definition) is 1. The lowest BCUT2D eigenvalue weighted by molar-refractivity contribution is 0.421. The van der Waals surface area contributed by atoms with Gasteiger partial charge in [0.05, 0.1) is 0 Å². The predicted octanol–water partition coefficient (Wildman–Crippen LogP) is 6.62. The molecule has 0 aromatic carbocycles. The summed E-state index contributed by atoms with van der Waals surface area (Å²) >= 11 is 0. The van der Waals surface area contributed by atoms with E-state index in [0.717, 1.165) is 8.73 Å². The average Bonchev–Trinajstić information content (AvgIpc) is 2.47. The van der Waals surface area contributed by atoms with Crippen LogP contribution in [0.2, 0.25) is 0 Å². The van der Waals surface area contributed by atoms with Crippen LogP contribution in [-0.2, 0) is 0 Å². The van der Waals surface area contributed by atoms with Crippen LogP contribution in [0.5, 0.6) is 0 Å². The summed E-state index contributed by atoms with van der Waals surface area (Å²) in [5, 5.41) is 0. The van der Waals surface area contributed by atoms with Crippen LogP contribution in [0.3, 0.4) is 0 Å². The molecule has 20 heavy (non-hydrogen) atoms. The molecule has 0 amide bonds. The third-order valence-corrected chi connectivity index (χ3v) is 5.40. The van der Waals surface area contributed by atoms with E-state index < -0.39 is 0 Å². The molecule has 0 bridgehead atoms. The largest absolute Gasteiger partial charge is 0.285 e. The Labute approximate surface area is 131 Å². The van der Waals surface area contributed by atoms with Crippen molar-refractivity contribution in [2.45, 2.75) is 97.8 Å². The number of hydrogen-bond donors (Lipinski definition) is 0. The summed E-state index contributed by atoms with van der Waals surface area (Å²) in [6.45, 7) is 9.63. The van der Waals surface area contributed by atoms with E-state index >= 15 is 0 Å². The zero-order valence-corrected chi connectivity index (χ0v) is 15.6. The molecule has 0 rings (SSSR count). The van der Waals surface area contributed by atoms with Gasteiger partial charge in [0, 0.05) is 13.1 Å². The van der Waals surface area contributed by atoms with Crippen LogP contribution in [0.15, 0.2) is 0 Å². The maximum absolute atomic E-state index is 2.78. The molecule has 0 saturated carbocycles. The van der Waals surface area contributed by atoms with Crippen molar-refractivity contribution in [2.24, 2.45) is 0 Å². The minimum absolute atomic E-state index is 1.09. The second-order valence-corrected chi connectivity index (χ2v) is 7.53. The lowest BCUT2D eigenvalue weighted by Gasteiger charge is -2.22. The van der Waals surface area contributed by atoms with E-state index in [1.807, 2.05) is 0 Å². The lowest BCUT2D eigenvalue weighted by atomic mass is 10.2. The molecule has 0 aliphatic rings. The molecule has 1 unspecified atom stereocenters. The fraction of sp³-hybridized carbons (Fsp3) is 1.00. The number of rotatable bonds is 16. The van der Waals surface area contributed by atoms with Crippen molar-refractivity contribution in [3.63, 3.8) is 0 Å². The Morgan fingerprint density at radius 1 is 0.550 bits per heavy atom. The van der Waals surface area contributed by atoms with E-state index in [-0.39, 0.29) is 0 Å². The van der Waals surface area contributed by atoms with Crippen molar-refractivity contribution in [3.05, 3.63) is 0 Å². The first kappa shape index (κ1) is 20.4. The minimum atomic E-state index is 1.09. The van der Waals surface area contributed by atoms with Gasteiger partial charge < -0.3 is 0 Å². The SMILES string of the molecule is CCCCCCPN(CCCCCC)CCCCCC. The average molecular weight is 301 g/mol. The minimum Gasteiger partial charge on any atom is -0.285 e. The Balaban J connectivity index is 3.67. The molecule has 0 heterocycles. The smallest absolute Gasteiger partial charge is 0.00186 e. The monoisotopic (exact) mass is 301 g/mol. The van der Waals surface area contributed by atoms with Gasteiger partial charge in [0.15, 0.2) is 0 Å². The fourth-order valence-electron chi connectivity index (χ4n) is 2.52. The first-order chi connectivity index (χ1) is 9.85. The van der Waals surface area contributed by atoms with E-state index in [4.69, 9.17) is 0 Å². The maximum atomic E-state index is 2.78. The Bertz CT molecular complexity index is 161. The van der Waals surface area contributed by atoms with E-state index in [2.05, 4.69) is 25.4 Å². The van der Waals surface area contributed by atoms with Gasteiger partial charge >= 0.3 is 0 Å². The molecular weight excluding hydrogens is 261 g/mol. The summed E-state index contributed by atoms with van der Waals surface area (Å²) in [7, 11) is 1.09. The van der Waals surface area contributed by atoms with Crippen LogP contribution in [0, 0.1) is 0 Å². The summed E-state index contributed by atoms with van der Waals surface area (Å²) in [4.78, 5) is 0. The molecule has 1 atom stereocenters. The van der Waals surface area contributed by atoms with E-state index in [1.165, 1.54) is 96.3 Å². The van der Waals surface area contributed by atoms with Gasteiger partial charge in [-0.25, -0.2) is 0 Å². The Kier molecular flexibility index (Phi) is 17.8. The standard InChI is InChI=1S/C18H40NP/c1-4-7-10-13-16-19(17-14-11-8-5-2)20-18-15-12-9-6-3/h20H,4-18H2,1-3H3. The van der Waals surface area contributed by atoms with Gasteiger partial charge in [0.25, 0.3) is 0 Å². The van der Waals surface area contributed by atoms with Crippen LogP contribution in [0.4, 0.5) is 0 Å². The van der Waals surface area contributed by atoms with Gasteiger partial charge in [-0.1, -0.05) is 87.3 Å². The van der Waals surface area contributed by atoms with Gasteiger partial charge in [-0.05, 0) is 25.4 Å². The summed E-state index contributed by atoms with van der Waals surface area (Å²) in [6, 6.07) is 0. The molecule has 0 aromatic heterocycles. The number of unbranched alkanes of at least 4 members (excludes halogenated alkanes) is 9. The zero-order chi connectivity index (χ0) is 14.9. The number of nitrogens with zero attached hydrogens (tertiary/aromatic N) is 1. The molecular formula is C18H40NP. The van der Waals surface area contributed by atoms with Crippen molar-refractivity contribution in [1.29, 1.82) is 0 Å². The fourth-order valence-corrected chi connectivity index (χ4v) is 3.87. The molecule has 0 N–H and O–H groups in total. The molecule has 1 nitrogen and oxygen atoms in total. The van der Waals surface area contributed by atoms with Crippen LogP contribution in [0.25, 0.3) is 0 Å². The van der Waals surface area contributed by atoms with Gasteiger partial charge in [0.2, 0.25) is 0 Å². The Morgan fingerprint density at radius 3 is 1.45 bits per heavy atom. The van der Waals surface area contributed by atoms with Crippen LogP contribution >= 0.6 is 8.73 Å². The van der Waals surface area contributed by atoms with E-state index in [0.29, 0.717) is 0 Å². The van der Waals surface area contributed by atoms with Crippen LogP contribution in [0.1, 0.15) is 97.8 Å². The molecule has 0 fully saturated rings. The lowest BCUT2D eigenvalue weighted by Crippen LogP contribution is -2.17. The first-order valence-electron chi connectivity index (χ1n) is 9.33. The highest BCUT2D eigenvalue weighted by atomic mass is 31.1. The van der Waals surface area contributed by atoms with Crippen molar-refractivity contribution < 1.29 is 0 Å². The third kappa shape index (κ3) is 14.8. The summed E-state index contributed by atoms with van der Waals surface area (Å²) in [5.74, 6) is 0. The summed E-state index contributed by atoms with van der Waals surface area (Å²) in [6.07, 6.45) is 18.4. The second kappa shape index (κ2) is 17.4. The van der Waals surface area contributed by atoms with Crippen molar-refractivity contribution in [1.82, 2.24) is 4.67 Å². The van der Waals surface area contributed by atoms with Crippen molar-refractivity contribution >= 4 is 8.73 Å².